The van der Waals surface area contributed by atoms with Crippen LogP contribution in [0.5, 0.6) is 5.75 Å². The van der Waals surface area contributed by atoms with Crippen LogP contribution in [0, 0.1) is 11.3 Å². The van der Waals surface area contributed by atoms with E-state index in [0.29, 0.717) is 26.4 Å². The van der Waals surface area contributed by atoms with Crippen LogP contribution in [0.15, 0.2) is 40.9 Å². The molecule has 2 aromatic carbocycles. The number of halogens is 2. The van der Waals surface area contributed by atoms with Crippen LogP contribution in [0.3, 0.4) is 0 Å². The van der Waals surface area contributed by atoms with E-state index in [1.54, 1.807) is 24.3 Å². The molecule has 5 heteroatoms. The summed E-state index contributed by atoms with van der Waals surface area (Å²) in [5, 5.41) is 18.5. The Kier molecular flexibility index (Phi) is 5.02. The summed E-state index contributed by atoms with van der Waals surface area (Å²) in [6.07, 6.45) is 0. The average molecular weight is 353 g/mol. The van der Waals surface area contributed by atoms with E-state index >= 15 is 0 Å². The highest BCUT2D eigenvalue weighted by molar-refractivity contribution is 9.10. The zero-order valence-electron chi connectivity index (χ0n) is 10.4. The number of nitriles is 1. The van der Waals surface area contributed by atoms with E-state index in [4.69, 9.17) is 26.7 Å². The number of aliphatic hydroxyl groups excluding tert-OH is 1. The van der Waals surface area contributed by atoms with Crippen LogP contribution >= 0.6 is 27.5 Å². The molecule has 0 spiro atoms. The van der Waals surface area contributed by atoms with Crippen molar-refractivity contribution in [2.75, 3.05) is 0 Å². The van der Waals surface area contributed by atoms with Crippen molar-refractivity contribution in [2.24, 2.45) is 0 Å². The molecule has 2 aromatic rings. The van der Waals surface area contributed by atoms with Gasteiger partial charge in [0.2, 0.25) is 0 Å². The van der Waals surface area contributed by atoms with Gasteiger partial charge in [0.15, 0.2) is 5.75 Å². The molecule has 0 aliphatic rings. The Hall–Kier alpha value is -1.54. The van der Waals surface area contributed by atoms with E-state index in [0.717, 1.165) is 5.56 Å². The maximum absolute atomic E-state index is 9.10. The first kappa shape index (κ1) is 14.9. The lowest BCUT2D eigenvalue weighted by atomic mass is 10.1. The lowest BCUT2D eigenvalue weighted by Crippen LogP contribution is -2.00. The van der Waals surface area contributed by atoms with Crippen LogP contribution in [0.2, 0.25) is 5.02 Å². The Bertz CT molecular complexity index is 644. The predicted molar refractivity (Wildman–Crippen MR) is 80.6 cm³/mol. The Morgan fingerprint density at radius 3 is 2.70 bits per heavy atom. The maximum atomic E-state index is 9.10. The number of benzene rings is 2. The van der Waals surface area contributed by atoms with Crippen molar-refractivity contribution in [1.82, 2.24) is 0 Å². The van der Waals surface area contributed by atoms with Crippen molar-refractivity contribution in [1.29, 1.82) is 5.26 Å². The number of rotatable bonds is 4. The van der Waals surface area contributed by atoms with E-state index in [9.17, 15) is 0 Å². The zero-order valence-corrected chi connectivity index (χ0v) is 12.8. The molecule has 2 rings (SSSR count). The largest absolute Gasteiger partial charge is 0.486 e. The third-order valence-electron chi connectivity index (χ3n) is 2.75. The summed E-state index contributed by atoms with van der Waals surface area (Å²) < 4.78 is 6.35. The zero-order chi connectivity index (χ0) is 14.5. The van der Waals surface area contributed by atoms with Crippen molar-refractivity contribution >= 4 is 27.5 Å². The molecule has 0 aliphatic heterocycles. The maximum Gasteiger partial charge on any atom is 0.152 e. The number of hydrogen-bond donors (Lipinski definition) is 1. The molecular weight excluding hydrogens is 342 g/mol. The molecule has 0 radical (unpaired) electrons. The molecule has 20 heavy (non-hydrogen) atoms. The molecule has 1 N–H and O–H groups in total. The Morgan fingerprint density at radius 2 is 2.05 bits per heavy atom. The van der Waals surface area contributed by atoms with Crippen LogP contribution in [-0.4, -0.2) is 5.11 Å². The van der Waals surface area contributed by atoms with Gasteiger partial charge in [0.05, 0.1) is 27.7 Å². The van der Waals surface area contributed by atoms with E-state index in [1.807, 2.05) is 12.1 Å². The van der Waals surface area contributed by atoms with Crippen LogP contribution in [0.1, 0.15) is 16.7 Å². The van der Waals surface area contributed by atoms with Crippen LogP contribution < -0.4 is 4.74 Å². The second-order valence-electron chi connectivity index (χ2n) is 4.10. The number of ether oxygens (including phenoxy) is 1. The molecule has 0 aliphatic carbocycles. The first-order valence-electron chi connectivity index (χ1n) is 5.85. The summed E-state index contributed by atoms with van der Waals surface area (Å²) in [7, 11) is 0. The molecule has 3 nitrogen and oxygen atoms in total. The van der Waals surface area contributed by atoms with Gasteiger partial charge in [-0.2, -0.15) is 5.26 Å². The number of aliphatic hydroxyl groups is 1. The number of hydrogen-bond acceptors (Lipinski definition) is 3. The van der Waals surface area contributed by atoms with Gasteiger partial charge in [-0.1, -0.05) is 29.8 Å². The van der Waals surface area contributed by atoms with Gasteiger partial charge >= 0.3 is 0 Å². The molecule has 0 amide bonds. The van der Waals surface area contributed by atoms with Crippen molar-refractivity contribution in [3.63, 3.8) is 0 Å². The summed E-state index contributed by atoms with van der Waals surface area (Å²) in [5.74, 6) is 0.497. The van der Waals surface area contributed by atoms with E-state index in [2.05, 4.69) is 22.0 Å². The van der Waals surface area contributed by atoms with Crippen molar-refractivity contribution in [2.45, 2.75) is 13.2 Å². The monoisotopic (exact) mass is 351 g/mol. The van der Waals surface area contributed by atoms with Gasteiger partial charge in [0.1, 0.15) is 6.61 Å². The third-order valence-corrected chi connectivity index (χ3v) is 3.62. The summed E-state index contributed by atoms with van der Waals surface area (Å²) in [6, 6.07) is 12.8. The highest BCUT2D eigenvalue weighted by Gasteiger charge is 2.10. The lowest BCUT2D eigenvalue weighted by molar-refractivity contribution is 0.280. The van der Waals surface area contributed by atoms with Crippen molar-refractivity contribution < 1.29 is 9.84 Å². The van der Waals surface area contributed by atoms with Gasteiger partial charge in [-0.25, -0.2) is 0 Å². The summed E-state index contributed by atoms with van der Waals surface area (Å²) in [6.45, 7) is 0.163. The van der Waals surface area contributed by atoms with Gasteiger partial charge in [-0.15, -0.1) is 0 Å². The molecular formula is C15H11BrClNO2. The molecule has 0 atom stereocenters. The molecule has 0 saturated heterocycles. The second-order valence-corrected chi connectivity index (χ2v) is 5.37. The van der Waals surface area contributed by atoms with Gasteiger partial charge in [0, 0.05) is 5.56 Å². The third kappa shape index (κ3) is 3.31. The molecule has 0 unspecified atom stereocenters. The topological polar surface area (TPSA) is 53.2 Å². The van der Waals surface area contributed by atoms with E-state index in [1.165, 1.54) is 0 Å². The smallest absolute Gasteiger partial charge is 0.152 e. The molecule has 0 heterocycles. The Balaban J connectivity index is 2.22. The average Bonchev–Trinajstić information content (AvgIpc) is 2.46. The molecule has 0 bridgehead atoms. The van der Waals surface area contributed by atoms with Crippen LogP contribution in [-0.2, 0) is 13.2 Å². The molecule has 102 valence electrons. The fraction of sp³-hybridized carbons (Fsp3) is 0.133. The summed E-state index contributed by atoms with van der Waals surface area (Å²) in [5.41, 5.74) is 2.07. The van der Waals surface area contributed by atoms with Gasteiger partial charge in [-0.3, -0.25) is 0 Å². The molecule has 0 saturated carbocycles. The highest BCUT2D eigenvalue weighted by Crippen LogP contribution is 2.35. The Labute approximate surface area is 130 Å². The summed E-state index contributed by atoms with van der Waals surface area (Å²) >= 11 is 9.48. The summed E-state index contributed by atoms with van der Waals surface area (Å²) in [4.78, 5) is 0. The molecule has 0 fully saturated rings. The normalized spacial score (nSPS) is 10.1. The Morgan fingerprint density at radius 1 is 1.30 bits per heavy atom. The fourth-order valence-electron chi connectivity index (χ4n) is 1.75. The molecule has 0 aromatic heterocycles. The predicted octanol–water partition coefficient (Wildman–Crippen LogP) is 4.05. The first-order valence-corrected chi connectivity index (χ1v) is 7.02. The highest BCUT2D eigenvalue weighted by atomic mass is 79.9. The van der Waals surface area contributed by atoms with Gasteiger partial charge < -0.3 is 9.84 Å². The lowest BCUT2D eigenvalue weighted by Gasteiger charge is -2.12. The minimum absolute atomic E-state index is 0.0874. The van der Waals surface area contributed by atoms with Gasteiger partial charge in [-0.05, 0) is 39.7 Å². The second kappa shape index (κ2) is 6.76. The fourth-order valence-corrected chi connectivity index (χ4v) is 2.78. The van der Waals surface area contributed by atoms with E-state index in [-0.39, 0.29) is 13.2 Å². The minimum atomic E-state index is -0.0874. The van der Waals surface area contributed by atoms with Crippen molar-refractivity contribution in [3.8, 4) is 11.8 Å². The van der Waals surface area contributed by atoms with Crippen LogP contribution in [0.4, 0.5) is 0 Å². The van der Waals surface area contributed by atoms with Crippen molar-refractivity contribution in [3.05, 3.63) is 62.6 Å². The SMILES string of the molecule is N#Cc1ccccc1COc1c(Cl)cc(CO)cc1Br. The quantitative estimate of drug-likeness (QED) is 0.903. The number of nitrogens with zero attached hydrogens (tertiary/aromatic N) is 1. The van der Waals surface area contributed by atoms with Crippen LogP contribution in [0.25, 0.3) is 0 Å². The minimum Gasteiger partial charge on any atom is -0.486 e. The van der Waals surface area contributed by atoms with Gasteiger partial charge in [0.25, 0.3) is 0 Å². The standard InChI is InChI=1S/C15H11BrClNO2/c16-13-5-10(8-19)6-14(17)15(13)20-9-12-4-2-1-3-11(12)7-18/h1-6,19H,8-9H2. The first-order chi connectivity index (χ1) is 9.65. The van der Waals surface area contributed by atoms with E-state index < -0.39 is 0 Å².